The van der Waals surface area contributed by atoms with Gasteiger partial charge in [-0.1, -0.05) is 29.3 Å². The minimum absolute atomic E-state index is 0.264. The van der Waals surface area contributed by atoms with Crippen LogP contribution in [0.15, 0.2) is 42.7 Å². The first-order valence-electron chi connectivity index (χ1n) is 7.08. The molecule has 6 heteroatoms. The molecule has 0 amide bonds. The molecule has 1 N–H and O–H groups in total. The van der Waals surface area contributed by atoms with E-state index in [1.165, 1.54) is 5.56 Å². The van der Waals surface area contributed by atoms with Gasteiger partial charge in [-0.3, -0.25) is 4.98 Å². The van der Waals surface area contributed by atoms with Crippen molar-refractivity contribution in [2.24, 2.45) is 0 Å². The van der Waals surface area contributed by atoms with Gasteiger partial charge in [-0.25, -0.2) is 0 Å². The van der Waals surface area contributed by atoms with E-state index < -0.39 is 0 Å². The second-order valence-corrected chi connectivity index (χ2v) is 6.42. The molecule has 0 spiro atoms. The van der Waals surface area contributed by atoms with Gasteiger partial charge in [0.1, 0.15) is 0 Å². The smallest absolute Gasteiger partial charge is 0.173 e. The SMILES string of the molecule is S=C(Nc1ccc(Cl)cc1Cl)N1CCCC1c1cccnc1. The summed E-state index contributed by atoms with van der Waals surface area (Å²) < 4.78 is 0. The zero-order valence-electron chi connectivity index (χ0n) is 11.8. The van der Waals surface area contributed by atoms with E-state index in [1.54, 1.807) is 18.3 Å². The van der Waals surface area contributed by atoms with Gasteiger partial charge in [0.05, 0.1) is 16.8 Å². The van der Waals surface area contributed by atoms with Gasteiger partial charge in [-0.05, 0) is 54.9 Å². The number of hydrogen-bond donors (Lipinski definition) is 1. The van der Waals surface area contributed by atoms with Gasteiger partial charge in [0.15, 0.2) is 5.11 Å². The molecule has 1 aromatic heterocycles. The zero-order valence-corrected chi connectivity index (χ0v) is 14.1. The second-order valence-electron chi connectivity index (χ2n) is 5.19. The van der Waals surface area contributed by atoms with Crippen LogP contribution in [0, 0.1) is 0 Å². The highest BCUT2D eigenvalue weighted by atomic mass is 35.5. The Morgan fingerprint density at radius 2 is 2.18 bits per heavy atom. The molecule has 1 aliphatic heterocycles. The van der Waals surface area contributed by atoms with Crippen molar-refractivity contribution in [3.05, 3.63) is 58.3 Å². The largest absolute Gasteiger partial charge is 0.342 e. The van der Waals surface area contributed by atoms with Crippen molar-refractivity contribution in [1.82, 2.24) is 9.88 Å². The Hall–Kier alpha value is -1.36. The molecular weight excluding hydrogens is 337 g/mol. The lowest BCUT2D eigenvalue weighted by Crippen LogP contribution is -2.34. The lowest BCUT2D eigenvalue weighted by Gasteiger charge is -2.28. The zero-order chi connectivity index (χ0) is 15.5. The molecule has 1 fully saturated rings. The highest BCUT2D eigenvalue weighted by molar-refractivity contribution is 7.80. The van der Waals surface area contributed by atoms with E-state index in [0.29, 0.717) is 15.2 Å². The number of nitrogens with zero attached hydrogens (tertiary/aromatic N) is 2. The summed E-state index contributed by atoms with van der Waals surface area (Å²) in [6.45, 7) is 0.927. The molecule has 1 saturated heterocycles. The van der Waals surface area contributed by atoms with Gasteiger partial charge in [-0.15, -0.1) is 0 Å². The number of aromatic nitrogens is 1. The topological polar surface area (TPSA) is 28.2 Å². The van der Waals surface area contributed by atoms with Crippen molar-refractivity contribution < 1.29 is 0 Å². The summed E-state index contributed by atoms with van der Waals surface area (Å²) in [5.41, 5.74) is 1.96. The minimum atomic E-state index is 0.264. The number of benzene rings is 1. The van der Waals surface area contributed by atoms with Crippen LogP contribution in [0.25, 0.3) is 0 Å². The van der Waals surface area contributed by atoms with E-state index in [9.17, 15) is 0 Å². The predicted octanol–water partition coefficient (Wildman–Crippen LogP) is 4.92. The third kappa shape index (κ3) is 3.35. The average Bonchev–Trinajstić information content (AvgIpc) is 3.00. The number of anilines is 1. The van der Waals surface area contributed by atoms with Crippen molar-refractivity contribution in [1.29, 1.82) is 0 Å². The quantitative estimate of drug-likeness (QED) is 0.777. The average molecular weight is 352 g/mol. The van der Waals surface area contributed by atoms with Crippen molar-refractivity contribution in [3.8, 4) is 0 Å². The lowest BCUT2D eigenvalue weighted by atomic mass is 10.1. The molecule has 2 aromatic rings. The van der Waals surface area contributed by atoms with Gasteiger partial charge >= 0.3 is 0 Å². The van der Waals surface area contributed by atoms with Crippen molar-refractivity contribution in [2.45, 2.75) is 18.9 Å². The maximum atomic E-state index is 6.20. The van der Waals surface area contributed by atoms with Gasteiger partial charge in [-0.2, -0.15) is 0 Å². The second kappa shape index (κ2) is 6.82. The maximum Gasteiger partial charge on any atom is 0.173 e. The van der Waals surface area contributed by atoms with Crippen molar-refractivity contribution in [3.63, 3.8) is 0 Å². The summed E-state index contributed by atoms with van der Waals surface area (Å²) in [4.78, 5) is 6.40. The first-order valence-corrected chi connectivity index (χ1v) is 8.24. The summed E-state index contributed by atoms with van der Waals surface area (Å²) >= 11 is 17.7. The van der Waals surface area contributed by atoms with E-state index in [4.69, 9.17) is 35.4 Å². The molecule has 1 unspecified atom stereocenters. The fourth-order valence-corrected chi connectivity index (χ4v) is 3.49. The molecule has 2 heterocycles. The Morgan fingerprint density at radius 3 is 2.91 bits per heavy atom. The van der Waals surface area contributed by atoms with Crippen molar-refractivity contribution >= 4 is 46.2 Å². The Balaban J connectivity index is 1.76. The van der Waals surface area contributed by atoms with Crippen LogP contribution in [-0.2, 0) is 0 Å². The van der Waals surface area contributed by atoms with Gasteiger partial charge in [0.25, 0.3) is 0 Å². The molecule has 0 bridgehead atoms. The number of rotatable bonds is 2. The van der Waals surface area contributed by atoms with Crippen LogP contribution in [0.2, 0.25) is 10.0 Å². The Morgan fingerprint density at radius 1 is 1.32 bits per heavy atom. The fraction of sp³-hybridized carbons (Fsp3) is 0.250. The molecule has 0 radical (unpaired) electrons. The van der Waals surface area contributed by atoms with Gasteiger partial charge < -0.3 is 10.2 Å². The Bertz CT molecular complexity index is 678. The summed E-state index contributed by atoms with van der Waals surface area (Å²) in [5, 5.41) is 5.07. The molecule has 0 saturated carbocycles. The predicted molar refractivity (Wildman–Crippen MR) is 95.6 cm³/mol. The molecule has 0 aliphatic carbocycles. The van der Waals surface area contributed by atoms with Crippen LogP contribution in [0.1, 0.15) is 24.4 Å². The molecule has 1 aromatic carbocycles. The Kier molecular flexibility index (Phi) is 4.81. The van der Waals surface area contributed by atoms with E-state index in [1.807, 2.05) is 18.3 Å². The molecule has 1 atom stereocenters. The first kappa shape index (κ1) is 15.5. The van der Waals surface area contributed by atoms with Crippen LogP contribution >= 0.6 is 35.4 Å². The highest BCUT2D eigenvalue weighted by Crippen LogP contribution is 2.33. The first-order chi connectivity index (χ1) is 10.6. The summed E-state index contributed by atoms with van der Waals surface area (Å²) in [7, 11) is 0. The van der Waals surface area contributed by atoms with E-state index in [0.717, 1.165) is 25.1 Å². The van der Waals surface area contributed by atoms with Gasteiger partial charge in [0, 0.05) is 24.0 Å². The van der Waals surface area contributed by atoms with Crippen LogP contribution in [0.4, 0.5) is 5.69 Å². The van der Waals surface area contributed by atoms with Crippen molar-refractivity contribution in [2.75, 3.05) is 11.9 Å². The van der Waals surface area contributed by atoms with Crippen LogP contribution in [0.3, 0.4) is 0 Å². The Labute approximate surface area is 145 Å². The number of halogens is 2. The fourth-order valence-electron chi connectivity index (χ4n) is 2.71. The standard InChI is InChI=1S/C16H15Cl2N3S/c17-12-5-6-14(13(18)9-12)20-16(22)21-8-2-4-15(21)11-3-1-7-19-10-11/h1,3,5-7,9-10,15H,2,4,8H2,(H,20,22). The number of hydrogen-bond acceptors (Lipinski definition) is 2. The van der Waals surface area contributed by atoms with Crippen LogP contribution < -0.4 is 5.32 Å². The normalized spacial score (nSPS) is 17.5. The molecule has 1 aliphatic rings. The third-order valence-electron chi connectivity index (χ3n) is 3.76. The highest BCUT2D eigenvalue weighted by Gasteiger charge is 2.28. The van der Waals surface area contributed by atoms with Crippen LogP contribution in [-0.4, -0.2) is 21.5 Å². The third-order valence-corrected chi connectivity index (χ3v) is 4.64. The number of pyridine rings is 1. The lowest BCUT2D eigenvalue weighted by molar-refractivity contribution is 0.405. The monoisotopic (exact) mass is 351 g/mol. The number of nitrogens with one attached hydrogen (secondary N) is 1. The number of thiocarbonyl (C=S) groups is 1. The summed E-state index contributed by atoms with van der Waals surface area (Å²) in [6.07, 6.45) is 5.87. The van der Waals surface area contributed by atoms with Gasteiger partial charge in [0.2, 0.25) is 0 Å². The van der Waals surface area contributed by atoms with E-state index in [2.05, 4.69) is 21.3 Å². The number of likely N-dealkylation sites (tertiary alicyclic amines) is 1. The molecule has 3 rings (SSSR count). The van der Waals surface area contributed by atoms with Crippen LogP contribution in [0.5, 0.6) is 0 Å². The molecule has 22 heavy (non-hydrogen) atoms. The summed E-state index contributed by atoms with van der Waals surface area (Å²) in [5.74, 6) is 0. The summed E-state index contributed by atoms with van der Waals surface area (Å²) in [6, 6.07) is 9.65. The maximum absolute atomic E-state index is 6.20. The van der Waals surface area contributed by atoms with E-state index >= 15 is 0 Å². The minimum Gasteiger partial charge on any atom is -0.342 e. The molecular formula is C16H15Cl2N3S. The van der Waals surface area contributed by atoms with E-state index in [-0.39, 0.29) is 6.04 Å². The molecule has 3 nitrogen and oxygen atoms in total. The molecule has 114 valence electrons.